The third-order valence-corrected chi connectivity index (χ3v) is 3.50. The Bertz CT molecular complexity index is 862. The van der Waals surface area contributed by atoms with Crippen molar-refractivity contribution in [3.63, 3.8) is 0 Å². The van der Waals surface area contributed by atoms with Crippen LogP contribution in [-0.2, 0) is 11.3 Å². The van der Waals surface area contributed by atoms with Gasteiger partial charge >= 0.3 is 5.97 Å². The van der Waals surface area contributed by atoms with Crippen molar-refractivity contribution in [2.45, 2.75) is 6.61 Å². The number of methoxy groups -OCH3 is 2. The van der Waals surface area contributed by atoms with Gasteiger partial charge in [0.2, 0.25) is 0 Å². The molecule has 0 aliphatic heterocycles. The zero-order valence-electron chi connectivity index (χ0n) is 13.9. The Morgan fingerprint density at radius 1 is 1.04 bits per heavy atom. The Labute approximate surface area is 144 Å². The lowest BCUT2D eigenvalue weighted by atomic mass is 10.2. The quantitative estimate of drug-likeness (QED) is 0.643. The molecule has 1 aromatic heterocycles. The Balaban J connectivity index is 1.70. The molecule has 0 N–H and O–H groups in total. The third kappa shape index (κ3) is 3.60. The highest BCUT2D eigenvalue weighted by molar-refractivity contribution is 5.93. The van der Waals surface area contributed by atoms with Gasteiger partial charge in [0.05, 0.1) is 26.1 Å². The smallest absolute Gasteiger partial charge is 0.342 e. The molecule has 0 aliphatic carbocycles. The van der Waals surface area contributed by atoms with Gasteiger partial charge < -0.3 is 14.2 Å². The summed E-state index contributed by atoms with van der Waals surface area (Å²) in [4.78, 5) is 13.8. The fourth-order valence-electron chi connectivity index (χ4n) is 2.31. The summed E-state index contributed by atoms with van der Waals surface area (Å²) in [6, 6.07) is 14.5. The monoisotopic (exact) mass is 339 g/mol. The molecule has 0 atom stereocenters. The number of esters is 1. The summed E-state index contributed by atoms with van der Waals surface area (Å²) in [5.41, 5.74) is 1.66. The molecule has 0 amide bonds. The van der Waals surface area contributed by atoms with Crippen LogP contribution in [0.2, 0.25) is 0 Å². The SMILES string of the molecule is COc1cccc(C(=O)OCc2cnn(-c3ccccc3)n2)c1OC. The van der Waals surface area contributed by atoms with Gasteiger partial charge in [-0.1, -0.05) is 24.3 Å². The van der Waals surface area contributed by atoms with Crippen LogP contribution < -0.4 is 9.47 Å². The molecule has 3 aromatic rings. The molecule has 25 heavy (non-hydrogen) atoms. The maximum Gasteiger partial charge on any atom is 0.342 e. The second-order valence-electron chi connectivity index (χ2n) is 5.08. The van der Waals surface area contributed by atoms with Crippen molar-refractivity contribution in [1.29, 1.82) is 0 Å². The predicted octanol–water partition coefficient (Wildman–Crippen LogP) is 2.64. The van der Waals surface area contributed by atoms with E-state index in [2.05, 4.69) is 10.2 Å². The largest absolute Gasteiger partial charge is 0.493 e. The Kier molecular flexibility index (Phi) is 4.94. The van der Waals surface area contributed by atoms with E-state index in [-0.39, 0.29) is 12.2 Å². The topological polar surface area (TPSA) is 75.5 Å². The van der Waals surface area contributed by atoms with Crippen LogP contribution in [0.3, 0.4) is 0 Å². The first-order chi connectivity index (χ1) is 12.2. The number of benzene rings is 2. The van der Waals surface area contributed by atoms with E-state index >= 15 is 0 Å². The van der Waals surface area contributed by atoms with Crippen LogP contribution >= 0.6 is 0 Å². The van der Waals surface area contributed by atoms with Crippen LogP contribution in [0.5, 0.6) is 11.5 Å². The summed E-state index contributed by atoms with van der Waals surface area (Å²) >= 11 is 0. The molecule has 3 rings (SSSR count). The fourth-order valence-corrected chi connectivity index (χ4v) is 2.31. The van der Waals surface area contributed by atoms with Crippen LogP contribution in [0, 0.1) is 0 Å². The van der Waals surface area contributed by atoms with E-state index in [1.165, 1.54) is 19.0 Å². The first kappa shape index (κ1) is 16.5. The third-order valence-electron chi connectivity index (χ3n) is 3.50. The van der Waals surface area contributed by atoms with Crippen molar-refractivity contribution in [3.05, 3.63) is 66.0 Å². The highest BCUT2D eigenvalue weighted by atomic mass is 16.5. The van der Waals surface area contributed by atoms with Crippen molar-refractivity contribution in [1.82, 2.24) is 15.0 Å². The van der Waals surface area contributed by atoms with Gasteiger partial charge in [0.1, 0.15) is 17.9 Å². The first-order valence-electron chi connectivity index (χ1n) is 7.57. The zero-order valence-corrected chi connectivity index (χ0v) is 13.9. The summed E-state index contributed by atoms with van der Waals surface area (Å²) in [7, 11) is 2.98. The maximum absolute atomic E-state index is 12.3. The van der Waals surface area contributed by atoms with Crippen LogP contribution in [0.4, 0.5) is 0 Å². The molecular formula is C18H17N3O4. The Morgan fingerprint density at radius 3 is 2.56 bits per heavy atom. The molecule has 0 bridgehead atoms. The summed E-state index contributed by atoms with van der Waals surface area (Å²) < 4.78 is 15.7. The molecule has 0 saturated heterocycles. The number of ether oxygens (including phenoxy) is 3. The van der Waals surface area contributed by atoms with Crippen LogP contribution in [-0.4, -0.2) is 35.2 Å². The van der Waals surface area contributed by atoms with Gasteiger partial charge in [-0.25, -0.2) is 4.79 Å². The number of para-hydroxylation sites is 2. The second-order valence-corrected chi connectivity index (χ2v) is 5.08. The van der Waals surface area contributed by atoms with E-state index in [1.807, 2.05) is 30.3 Å². The van der Waals surface area contributed by atoms with Crippen molar-refractivity contribution in [2.24, 2.45) is 0 Å². The van der Waals surface area contributed by atoms with Gasteiger partial charge in [-0.2, -0.15) is 9.90 Å². The lowest BCUT2D eigenvalue weighted by Crippen LogP contribution is -2.08. The highest BCUT2D eigenvalue weighted by Crippen LogP contribution is 2.31. The number of carbonyl (C=O) groups is 1. The number of nitrogens with zero attached hydrogens (tertiary/aromatic N) is 3. The van der Waals surface area contributed by atoms with Gasteiger partial charge in [-0.05, 0) is 24.3 Å². The predicted molar refractivity (Wildman–Crippen MR) is 90.0 cm³/mol. The number of carbonyl (C=O) groups excluding carboxylic acids is 1. The van der Waals surface area contributed by atoms with Crippen LogP contribution in [0.25, 0.3) is 5.69 Å². The minimum absolute atomic E-state index is 0.00598. The van der Waals surface area contributed by atoms with Gasteiger partial charge in [-0.3, -0.25) is 0 Å². The van der Waals surface area contributed by atoms with Crippen molar-refractivity contribution >= 4 is 5.97 Å². The van der Waals surface area contributed by atoms with E-state index in [0.717, 1.165) is 5.69 Å². The minimum Gasteiger partial charge on any atom is -0.493 e. The molecular weight excluding hydrogens is 322 g/mol. The van der Waals surface area contributed by atoms with Crippen molar-refractivity contribution in [2.75, 3.05) is 14.2 Å². The van der Waals surface area contributed by atoms with Crippen LogP contribution in [0.15, 0.2) is 54.7 Å². The Hall–Kier alpha value is -3.35. The summed E-state index contributed by atoms with van der Waals surface area (Å²) in [5.74, 6) is 0.278. The molecule has 0 unspecified atom stereocenters. The summed E-state index contributed by atoms with van der Waals surface area (Å²) in [5, 5.41) is 8.46. The molecule has 0 spiro atoms. The average molecular weight is 339 g/mol. The first-order valence-corrected chi connectivity index (χ1v) is 7.57. The van der Waals surface area contributed by atoms with E-state index < -0.39 is 5.97 Å². The normalized spacial score (nSPS) is 10.3. The average Bonchev–Trinajstić information content (AvgIpc) is 3.15. The highest BCUT2D eigenvalue weighted by Gasteiger charge is 2.18. The van der Waals surface area contributed by atoms with Crippen molar-refractivity contribution in [3.8, 4) is 17.2 Å². The molecule has 128 valence electrons. The number of hydrogen-bond donors (Lipinski definition) is 0. The summed E-state index contributed by atoms with van der Waals surface area (Å²) in [6.07, 6.45) is 1.56. The maximum atomic E-state index is 12.3. The molecule has 0 fully saturated rings. The summed E-state index contributed by atoms with van der Waals surface area (Å²) in [6.45, 7) is 0.00598. The fraction of sp³-hybridized carbons (Fsp3) is 0.167. The molecule has 1 heterocycles. The number of aromatic nitrogens is 3. The molecule has 0 aliphatic rings. The molecule has 2 aromatic carbocycles. The molecule has 7 nitrogen and oxygen atoms in total. The van der Waals surface area contributed by atoms with E-state index in [1.54, 1.807) is 24.4 Å². The van der Waals surface area contributed by atoms with E-state index in [4.69, 9.17) is 14.2 Å². The standard InChI is InChI=1S/C18H17N3O4/c1-23-16-10-6-9-15(17(16)24-2)18(22)25-12-13-11-19-21(20-13)14-7-4-3-5-8-14/h3-11H,12H2,1-2H3. The van der Waals surface area contributed by atoms with E-state index in [9.17, 15) is 4.79 Å². The van der Waals surface area contributed by atoms with Gasteiger partial charge in [0.15, 0.2) is 11.5 Å². The molecule has 0 radical (unpaired) electrons. The minimum atomic E-state index is -0.523. The van der Waals surface area contributed by atoms with E-state index in [0.29, 0.717) is 17.2 Å². The Morgan fingerprint density at radius 2 is 1.84 bits per heavy atom. The van der Waals surface area contributed by atoms with Crippen LogP contribution in [0.1, 0.15) is 16.1 Å². The van der Waals surface area contributed by atoms with Crippen molar-refractivity contribution < 1.29 is 19.0 Å². The molecule has 7 heteroatoms. The zero-order chi connectivity index (χ0) is 17.6. The molecule has 0 saturated carbocycles. The second kappa shape index (κ2) is 7.48. The lowest BCUT2D eigenvalue weighted by Gasteiger charge is -2.11. The van der Waals surface area contributed by atoms with Gasteiger partial charge in [0.25, 0.3) is 0 Å². The lowest BCUT2D eigenvalue weighted by molar-refractivity contribution is 0.0463. The number of rotatable bonds is 6. The number of hydrogen-bond acceptors (Lipinski definition) is 6. The van der Waals surface area contributed by atoms with Gasteiger partial charge in [-0.15, -0.1) is 5.10 Å². The van der Waals surface area contributed by atoms with Gasteiger partial charge in [0, 0.05) is 0 Å².